The molecule has 1 nitrogen and oxygen atoms in total. The summed E-state index contributed by atoms with van der Waals surface area (Å²) >= 11 is 0. The number of nitrogens with one attached hydrogen (secondary N) is 1. The van der Waals surface area contributed by atoms with Crippen molar-refractivity contribution < 1.29 is 0 Å². The first-order valence-corrected chi connectivity index (χ1v) is 6.90. The summed E-state index contributed by atoms with van der Waals surface area (Å²) in [6.07, 6.45) is 1.03. The van der Waals surface area contributed by atoms with Crippen molar-refractivity contribution >= 4 is 0 Å². The van der Waals surface area contributed by atoms with Crippen molar-refractivity contribution in [1.82, 2.24) is 5.32 Å². The van der Waals surface area contributed by atoms with Gasteiger partial charge in [0, 0.05) is 6.04 Å². The zero-order valence-corrected chi connectivity index (χ0v) is 12.3. The Hall–Kier alpha value is -1.60. The molecule has 0 fully saturated rings. The van der Waals surface area contributed by atoms with Crippen LogP contribution < -0.4 is 5.32 Å². The number of hydrogen-bond acceptors (Lipinski definition) is 1. The minimum Gasteiger partial charge on any atom is -0.313 e. The molecule has 1 atom stereocenters. The Morgan fingerprint density at radius 2 is 1.63 bits per heavy atom. The summed E-state index contributed by atoms with van der Waals surface area (Å²) in [6.45, 7) is 6.52. The lowest BCUT2D eigenvalue weighted by atomic mass is 9.94. The van der Waals surface area contributed by atoms with Crippen molar-refractivity contribution in [3.05, 3.63) is 70.3 Å². The molecule has 2 aromatic carbocycles. The van der Waals surface area contributed by atoms with Gasteiger partial charge in [-0.2, -0.15) is 0 Å². The number of likely N-dealkylation sites (N-methyl/N-ethyl adjacent to an activating group) is 1. The lowest BCUT2D eigenvalue weighted by molar-refractivity contribution is 0.589. The van der Waals surface area contributed by atoms with E-state index in [0.29, 0.717) is 6.04 Å². The third kappa shape index (κ3) is 3.24. The van der Waals surface area contributed by atoms with Gasteiger partial charge < -0.3 is 5.32 Å². The van der Waals surface area contributed by atoms with E-state index in [1.807, 2.05) is 7.05 Å². The van der Waals surface area contributed by atoms with E-state index in [2.05, 4.69) is 68.6 Å². The van der Waals surface area contributed by atoms with Gasteiger partial charge in [0.25, 0.3) is 0 Å². The van der Waals surface area contributed by atoms with Crippen LogP contribution in [0, 0.1) is 20.8 Å². The quantitative estimate of drug-likeness (QED) is 0.864. The fraction of sp³-hybridized carbons (Fsp3) is 0.333. The average Bonchev–Trinajstić information content (AvgIpc) is 2.41. The van der Waals surface area contributed by atoms with E-state index in [1.54, 1.807) is 0 Å². The molecule has 1 heteroatoms. The third-order valence-corrected chi connectivity index (χ3v) is 3.92. The van der Waals surface area contributed by atoms with Gasteiger partial charge in [0.1, 0.15) is 0 Å². The van der Waals surface area contributed by atoms with Gasteiger partial charge in [0.15, 0.2) is 0 Å². The summed E-state index contributed by atoms with van der Waals surface area (Å²) in [5.74, 6) is 0. The molecule has 0 aliphatic heterocycles. The van der Waals surface area contributed by atoms with Gasteiger partial charge in [0.05, 0.1) is 0 Å². The van der Waals surface area contributed by atoms with Crippen LogP contribution in [0.4, 0.5) is 0 Å². The minimum atomic E-state index is 0.378. The normalized spacial score (nSPS) is 12.4. The fourth-order valence-corrected chi connectivity index (χ4v) is 2.51. The lowest BCUT2D eigenvalue weighted by Gasteiger charge is -2.19. The molecule has 1 unspecified atom stereocenters. The Morgan fingerprint density at radius 1 is 0.895 bits per heavy atom. The van der Waals surface area contributed by atoms with E-state index < -0.39 is 0 Å². The Labute approximate surface area is 116 Å². The van der Waals surface area contributed by atoms with Crippen LogP contribution >= 0.6 is 0 Å². The van der Waals surface area contributed by atoms with Crippen LogP contribution in [-0.2, 0) is 6.42 Å². The van der Waals surface area contributed by atoms with Gasteiger partial charge in [-0.25, -0.2) is 0 Å². The van der Waals surface area contributed by atoms with E-state index in [-0.39, 0.29) is 0 Å². The van der Waals surface area contributed by atoms with Crippen molar-refractivity contribution in [2.45, 2.75) is 33.2 Å². The third-order valence-electron chi connectivity index (χ3n) is 3.92. The first-order valence-electron chi connectivity index (χ1n) is 6.90. The molecule has 0 saturated carbocycles. The topological polar surface area (TPSA) is 12.0 Å². The van der Waals surface area contributed by atoms with Crippen LogP contribution in [0.1, 0.15) is 33.9 Å². The molecule has 0 saturated heterocycles. The molecule has 0 aromatic heterocycles. The highest BCUT2D eigenvalue weighted by Gasteiger charge is 2.12. The van der Waals surface area contributed by atoms with Gasteiger partial charge in [-0.15, -0.1) is 0 Å². The van der Waals surface area contributed by atoms with Crippen molar-refractivity contribution in [3.8, 4) is 0 Å². The minimum absolute atomic E-state index is 0.378. The van der Waals surface area contributed by atoms with Crippen LogP contribution in [-0.4, -0.2) is 7.05 Å². The molecule has 1 N–H and O–H groups in total. The van der Waals surface area contributed by atoms with Crippen LogP contribution in [0.2, 0.25) is 0 Å². The first-order chi connectivity index (χ1) is 9.11. The molecule has 0 radical (unpaired) electrons. The van der Waals surface area contributed by atoms with Gasteiger partial charge in [-0.05, 0) is 62.1 Å². The average molecular weight is 253 g/mol. The SMILES string of the molecule is CNC(Cc1ccc(C)c(C)c1)c1ccccc1C. The first kappa shape index (κ1) is 13.8. The zero-order chi connectivity index (χ0) is 13.8. The summed E-state index contributed by atoms with van der Waals surface area (Å²) in [5, 5.41) is 3.44. The molecule has 100 valence electrons. The molecule has 2 aromatic rings. The van der Waals surface area contributed by atoms with E-state index in [1.165, 1.54) is 27.8 Å². The van der Waals surface area contributed by atoms with Gasteiger partial charge in [0.2, 0.25) is 0 Å². The van der Waals surface area contributed by atoms with Gasteiger partial charge >= 0.3 is 0 Å². The van der Waals surface area contributed by atoms with E-state index in [9.17, 15) is 0 Å². The van der Waals surface area contributed by atoms with E-state index in [4.69, 9.17) is 0 Å². The van der Waals surface area contributed by atoms with Crippen molar-refractivity contribution in [1.29, 1.82) is 0 Å². The predicted molar refractivity (Wildman–Crippen MR) is 82.6 cm³/mol. The van der Waals surface area contributed by atoms with Crippen molar-refractivity contribution in [3.63, 3.8) is 0 Å². The lowest BCUT2D eigenvalue weighted by Crippen LogP contribution is -2.19. The van der Waals surface area contributed by atoms with Crippen LogP contribution in [0.5, 0.6) is 0 Å². The maximum absolute atomic E-state index is 3.44. The molecule has 2 rings (SSSR count). The molecule has 19 heavy (non-hydrogen) atoms. The highest BCUT2D eigenvalue weighted by molar-refractivity contribution is 5.33. The predicted octanol–water partition coefficient (Wildman–Crippen LogP) is 4.12. The Morgan fingerprint density at radius 3 is 2.26 bits per heavy atom. The summed E-state index contributed by atoms with van der Waals surface area (Å²) in [7, 11) is 2.04. The molecule has 0 heterocycles. The molecule has 0 aliphatic rings. The molecule has 0 spiro atoms. The second kappa shape index (κ2) is 6.03. The smallest absolute Gasteiger partial charge is 0.0361 e. The maximum Gasteiger partial charge on any atom is 0.0361 e. The monoisotopic (exact) mass is 253 g/mol. The Balaban J connectivity index is 2.24. The number of rotatable bonds is 4. The molecule has 0 aliphatic carbocycles. The molecule has 0 amide bonds. The Kier molecular flexibility index (Phi) is 4.39. The zero-order valence-electron chi connectivity index (χ0n) is 12.3. The molecular formula is C18H23N. The molecule has 0 bridgehead atoms. The highest BCUT2D eigenvalue weighted by atomic mass is 14.9. The second-order valence-electron chi connectivity index (χ2n) is 5.32. The standard InChI is InChI=1S/C18H23N/c1-13-9-10-16(11-15(13)3)12-18(19-4)17-8-6-5-7-14(17)2/h5-11,18-19H,12H2,1-4H3. The summed E-state index contributed by atoms with van der Waals surface area (Å²) in [5.41, 5.74) is 6.87. The highest BCUT2D eigenvalue weighted by Crippen LogP contribution is 2.22. The van der Waals surface area contributed by atoms with Crippen molar-refractivity contribution in [2.75, 3.05) is 7.05 Å². The number of aryl methyl sites for hydroxylation is 3. The number of benzene rings is 2. The molecular weight excluding hydrogens is 230 g/mol. The summed E-state index contributed by atoms with van der Waals surface area (Å²) < 4.78 is 0. The van der Waals surface area contributed by atoms with Crippen LogP contribution in [0.3, 0.4) is 0 Å². The van der Waals surface area contributed by atoms with Crippen LogP contribution in [0.15, 0.2) is 42.5 Å². The number of hydrogen-bond donors (Lipinski definition) is 1. The van der Waals surface area contributed by atoms with Gasteiger partial charge in [-0.1, -0.05) is 42.5 Å². The second-order valence-corrected chi connectivity index (χ2v) is 5.32. The van der Waals surface area contributed by atoms with Gasteiger partial charge in [-0.3, -0.25) is 0 Å². The largest absolute Gasteiger partial charge is 0.313 e. The van der Waals surface area contributed by atoms with E-state index in [0.717, 1.165) is 6.42 Å². The Bertz CT molecular complexity index is 557. The van der Waals surface area contributed by atoms with E-state index >= 15 is 0 Å². The maximum atomic E-state index is 3.44. The summed E-state index contributed by atoms with van der Waals surface area (Å²) in [4.78, 5) is 0. The van der Waals surface area contributed by atoms with Crippen LogP contribution in [0.25, 0.3) is 0 Å². The van der Waals surface area contributed by atoms with Crippen molar-refractivity contribution in [2.24, 2.45) is 0 Å². The fourth-order valence-electron chi connectivity index (χ4n) is 2.51. The summed E-state index contributed by atoms with van der Waals surface area (Å²) in [6, 6.07) is 15.8.